The minimum atomic E-state index is -0.904. The smallest absolute Gasteiger partial charge is 0.254 e. The molecule has 0 bridgehead atoms. The Kier molecular flexibility index (Phi) is 7.12. The Morgan fingerprint density at radius 2 is 1.71 bits per heavy atom. The molecule has 0 radical (unpaired) electrons. The van der Waals surface area contributed by atoms with Crippen molar-refractivity contribution in [2.24, 2.45) is 5.92 Å². The third-order valence-electron chi connectivity index (χ3n) is 3.90. The van der Waals surface area contributed by atoms with Gasteiger partial charge in [0.15, 0.2) is 0 Å². The lowest BCUT2D eigenvalue weighted by Crippen LogP contribution is -2.47. The Hall–Kier alpha value is -2.93. The van der Waals surface area contributed by atoms with Crippen LogP contribution in [0.25, 0.3) is 0 Å². The second-order valence-electron chi connectivity index (χ2n) is 6.54. The van der Waals surface area contributed by atoms with Crippen LogP contribution in [-0.4, -0.2) is 23.8 Å². The standard InChI is InChI=1S/C20H21ClFN3O3/c1-11(2)18(25-19(27)14-6-4-5-7-16(14)22)20(28)24-17-9-8-13(10-15(17)21)23-12(3)26/h4-11,18H,1-3H3,(H,23,26)(H,24,28)(H,25,27). The minimum Gasteiger partial charge on any atom is -0.340 e. The Morgan fingerprint density at radius 1 is 1.04 bits per heavy atom. The second-order valence-corrected chi connectivity index (χ2v) is 6.95. The summed E-state index contributed by atoms with van der Waals surface area (Å²) in [6, 6.07) is 9.27. The van der Waals surface area contributed by atoms with Crippen molar-refractivity contribution < 1.29 is 18.8 Å². The fourth-order valence-corrected chi connectivity index (χ4v) is 2.74. The van der Waals surface area contributed by atoms with Crippen LogP contribution in [0.3, 0.4) is 0 Å². The number of carbonyl (C=O) groups excluding carboxylic acids is 3. The fraction of sp³-hybridized carbons (Fsp3) is 0.250. The van der Waals surface area contributed by atoms with Gasteiger partial charge in [-0.3, -0.25) is 14.4 Å². The van der Waals surface area contributed by atoms with Crippen molar-refractivity contribution in [2.45, 2.75) is 26.8 Å². The molecule has 0 aromatic heterocycles. The van der Waals surface area contributed by atoms with Crippen molar-refractivity contribution >= 4 is 40.7 Å². The van der Waals surface area contributed by atoms with Crippen LogP contribution in [0, 0.1) is 11.7 Å². The summed E-state index contributed by atoms with van der Waals surface area (Å²) in [5.74, 6) is -2.34. The molecule has 0 fully saturated rings. The molecule has 0 saturated heterocycles. The van der Waals surface area contributed by atoms with E-state index in [1.807, 2.05) is 0 Å². The molecule has 2 rings (SSSR count). The van der Waals surface area contributed by atoms with Crippen LogP contribution in [0.15, 0.2) is 42.5 Å². The van der Waals surface area contributed by atoms with Gasteiger partial charge in [-0.25, -0.2) is 4.39 Å². The molecule has 0 aliphatic carbocycles. The molecule has 148 valence electrons. The topological polar surface area (TPSA) is 87.3 Å². The van der Waals surface area contributed by atoms with E-state index >= 15 is 0 Å². The molecular weight excluding hydrogens is 385 g/mol. The largest absolute Gasteiger partial charge is 0.340 e. The monoisotopic (exact) mass is 405 g/mol. The molecule has 0 spiro atoms. The Balaban J connectivity index is 2.14. The lowest BCUT2D eigenvalue weighted by atomic mass is 10.0. The first-order valence-electron chi connectivity index (χ1n) is 8.62. The number of rotatable bonds is 6. The first-order valence-corrected chi connectivity index (χ1v) is 9.00. The van der Waals surface area contributed by atoms with E-state index in [0.29, 0.717) is 11.4 Å². The number of anilines is 2. The maximum Gasteiger partial charge on any atom is 0.254 e. The molecule has 1 unspecified atom stereocenters. The average Bonchev–Trinajstić information content (AvgIpc) is 2.61. The zero-order valence-corrected chi connectivity index (χ0v) is 16.4. The van der Waals surface area contributed by atoms with Crippen LogP contribution in [0.4, 0.5) is 15.8 Å². The van der Waals surface area contributed by atoms with Gasteiger partial charge in [0.2, 0.25) is 11.8 Å². The zero-order chi connectivity index (χ0) is 20.8. The van der Waals surface area contributed by atoms with E-state index in [1.54, 1.807) is 32.0 Å². The van der Waals surface area contributed by atoms with Crippen molar-refractivity contribution in [1.82, 2.24) is 5.32 Å². The van der Waals surface area contributed by atoms with Crippen LogP contribution < -0.4 is 16.0 Å². The molecule has 0 aliphatic rings. The van der Waals surface area contributed by atoms with Gasteiger partial charge in [-0.1, -0.05) is 37.6 Å². The van der Waals surface area contributed by atoms with E-state index < -0.39 is 23.7 Å². The Morgan fingerprint density at radius 3 is 2.29 bits per heavy atom. The quantitative estimate of drug-likeness (QED) is 0.682. The van der Waals surface area contributed by atoms with E-state index in [1.165, 1.54) is 31.2 Å². The van der Waals surface area contributed by atoms with Gasteiger partial charge in [-0.2, -0.15) is 0 Å². The zero-order valence-electron chi connectivity index (χ0n) is 15.7. The minimum absolute atomic E-state index is 0.140. The summed E-state index contributed by atoms with van der Waals surface area (Å²) >= 11 is 6.16. The first kappa shape index (κ1) is 21.4. The summed E-state index contributed by atoms with van der Waals surface area (Å²) in [5.41, 5.74) is 0.675. The van der Waals surface area contributed by atoms with Gasteiger partial charge < -0.3 is 16.0 Å². The summed E-state index contributed by atoms with van der Waals surface area (Å²) in [6.45, 7) is 4.88. The maximum atomic E-state index is 13.8. The molecule has 8 heteroatoms. The molecule has 0 aliphatic heterocycles. The normalized spacial score (nSPS) is 11.6. The predicted octanol–water partition coefficient (Wildman–Crippen LogP) is 3.83. The van der Waals surface area contributed by atoms with Gasteiger partial charge in [-0.05, 0) is 36.2 Å². The van der Waals surface area contributed by atoms with Crippen LogP contribution in [0.1, 0.15) is 31.1 Å². The number of nitrogens with one attached hydrogen (secondary N) is 3. The van der Waals surface area contributed by atoms with Crippen molar-refractivity contribution in [1.29, 1.82) is 0 Å². The van der Waals surface area contributed by atoms with E-state index in [9.17, 15) is 18.8 Å². The van der Waals surface area contributed by atoms with Crippen molar-refractivity contribution in [3.63, 3.8) is 0 Å². The van der Waals surface area contributed by atoms with Gasteiger partial charge in [0.05, 0.1) is 16.3 Å². The lowest BCUT2D eigenvalue weighted by Gasteiger charge is -2.22. The maximum absolute atomic E-state index is 13.8. The highest BCUT2D eigenvalue weighted by molar-refractivity contribution is 6.34. The summed E-state index contributed by atoms with van der Waals surface area (Å²) in [6.07, 6.45) is 0. The number of benzene rings is 2. The molecule has 28 heavy (non-hydrogen) atoms. The number of hydrogen-bond acceptors (Lipinski definition) is 3. The number of hydrogen-bond donors (Lipinski definition) is 3. The van der Waals surface area contributed by atoms with Crippen molar-refractivity contribution in [3.8, 4) is 0 Å². The summed E-state index contributed by atoms with van der Waals surface area (Å²) in [4.78, 5) is 36.1. The molecule has 1 atom stereocenters. The summed E-state index contributed by atoms with van der Waals surface area (Å²) in [7, 11) is 0. The third kappa shape index (κ3) is 5.53. The fourth-order valence-electron chi connectivity index (χ4n) is 2.51. The predicted molar refractivity (Wildman–Crippen MR) is 107 cm³/mol. The third-order valence-corrected chi connectivity index (χ3v) is 4.21. The number of amides is 3. The van der Waals surface area contributed by atoms with Gasteiger partial charge in [0, 0.05) is 12.6 Å². The highest BCUT2D eigenvalue weighted by Gasteiger charge is 2.26. The average molecular weight is 406 g/mol. The molecule has 0 heterocycles. The molecule has 3 amide bonds. The number of carbonyl (C=O) groups is 3. The van der Waals surface area contributed by atoms with Crippen LogP contribution in [0.5, 0.6) is 0 Å². The van der Waals surface area contributed by atoms with E-state index in [4.69, 9.17) is 11.6 Å². The van der Waals surface area contributed by atoms with Crippen molar-refractivity contribution in [2.75, 3.05) is 10.6 Å². The Bertz CT molecular complexity index is 902. The first-order chi connectivity index (χ1) is 13.2. The molecular formula is C20H21ClFN3O3. The van der Waals surface area contributed by atoms with Gasteiger partial charge in [0.1, 0.15) is 11.9 Å². The van der Waals surface area contributed by atoms with Gasteiger partial charge >= 0.3 is 0 Å². The van der Waals surface area contributed by atoms with Crippen molar-refractivity contribution in [3.05, 3.63) is 58.9 Å². The van der Waals surface area contributed by atoms with Crippen LogP contribution >= 0.6 is 11.6 Å². The summed E-state index contributed by atoms with van der Waals surface area (Å²) < 4.78 is 13.8. The lowest BCUT2D eigenvalue weighted by molar-refractivity contribution is -0.119. The highest BCUT2D eigenvalue weighted by atomic mass is 35.5. The second kappa shape index (κ2) is 9.32. The van der Waals surface area contributed by atoms with Gasteiger partial charge in [0.25, 0.3) is 5.91 Å². The van der Waals surface area contributed by atoms with Crippen LogP contribution in [0.2, 0.25) is 5.02 Å². The SMILES string of the molecule is CC(=O)Nc1ccc(NC(=O)C(NC(=O)c2ccccc2F)C(C)C)c(Cl)c1. The molecule has 2 aromatic carbocycles. The van der Waals surface area contributed by atoms with E-state index in [-0.39, 0.29) is 22.4 Å². The van der Waals surface area contributed by atoms with Gasteiger partial charge in [-0.15, -0.1) is 0 Å². The van der Waals surface area contributed by atoms with Crippen LogP contribution in [-0.2, 0) is 9.59 Å². The summed E-state index contributed by atoms with van der Waals surface area (Å²) in [5, 5.41) is 8.02. The molecule has 2 aromatic rings. The van der Waals surface area contributed by atoms with E-state index in [2.05, 4.69) is 16.0 Å². The van der Waals surface area contributed by atoms with E-state index in [0.717, 1.165) is 0 Å². The molecule has 6 nitrogen and oxygen atoms in total. The highest BCUT2D eigenvalue weighted by Crippen LogP contribution is 2.26. The number of halogens is 2. The molecule has 3 N–H and O–H groups in total. The molecule has 0 saturated carbocycles. The Labute approximate surface area is 167 Å².